The summed E-state index contributed by atoms with van der Waals surface area (Å²) in [5.41, 5.74) is 0.793. The van der Waals surface area contributed by atoms with Gasteiger partial charge in [0.05, 0.1) is 0 Å². The van der Waals surface area contributed by atoms with E-state index in [1.165, 1.54) is 12.1 Å². The van der Waals surface area contributed by atoms with Crippen LogP contribution in [0.25, 0.3) is 0 Å². The Labute approximate surface area is 129 Å². The van der Waals surface area contributed by atoms with Gasteiger partial charge >= 0.3 is 0 Å². The monoisotopic (exact) mass is 351 g/mol. The molecule has 1 N–H and O–H groups in total. The van der Waals surface area contributed by atoms with Crippen LogP contribution >= 0.6 is 15.9 Å². The van der Waals surface area contributed by atoms with Crippen molar-refractivity contribution in [2.24, 2.45) is 0 Å². The van der Waals surface area contributed by atoms with Crippen molar-refractivity contribution in [2.75, 3.05) is 18.5 Å². The van der Waals surface area contributed by atoms with Crippen molar-refractivity contribution in [1.29, 1.82) is 0 Å². The minimum Gasteiger partial charge on any atom is -0.486 e. The molecule has 0 aromatic heterocycles. The summed E-state index contributed by atoms with van der Waals surface area (Å²) in [4.78, 5) is 12.1. The lowest BCUT2D eigenvalue weighted by Gasteiger charge is -2.19. The number of ether oxygens (including phenoxy) is 2. The maximum Gasteiger partial charge on any atom is 0.255 e. The Morgan fingerprint density at radius 3 is 2.62 bits per heavy atom. The molecule has 2 aromatic rings. The van der Waals surface area contributed by atoms with E-state index in [9.17, 15) is 9.18 Å². The number of hydrogen-bond acceptors (Lipinski definition) is 3. The molecule has 0 aliphatic carbocycles. The van der Waals surface area contributed by atoms with Crippen LogP contribution in [0.5, 0.6) is 11.5 Å². The summed E-state index contributed by atoms with van der Waals surface area (Å²) in [5.74, 6) is 0.357. The third-order valence-electron chi connectivity index (χ3n) is 2.92. The molecule has 6 heteroatoms. The van der Waals surface area contributed by atoms with Crippen LogP contribution in [0, 0.1) is 5.82 Å². The first-order valence-electron chi connectivity index (χ1n) is 6.29. The van der Waals surface area contributed by atoms with Gasteiger partial charge in [-0.2, -0.15) is 0 Å². The van der Waals surface area contributed by atoms with E-state index in [4.69, 9.17) is 9.47 Å². The standard InChI is InChI=1S/C15H11BrFNO3/c16-10-5-9(6-11(17)7-10)15(19)18-12-1-2-13-14(8-12)21-4-3-20-13/h1-2,5-8H,3-4H2,(H,18,19). The minimum absolute atomic E-state index is 0.233. The van der Waals surface area contributed by atoms with E-state index < -0.39 is 11.7 Å². The average molecular weight is 352 g/mol. The predicted octanol–water partition coefficient (Wildman–Crippen LogP) is 3.61. The highest BCUT2D eigenvalue weighted by molar-refractivity contribution is 9.10. The summed E-state index contributed by atoms with van der Waals surface area (Å²) in [5, 5.41) is 2.70. The van der Waals surface area contributed by atoms with Gasteiger partial charge in [0.15, 0.2) is 11.5 Å². The molecule has 0 saturated heterocycles. The van der Waals surface area contributed by atoms with Crippen LogP contribution in [0.15, 0.2) is 40.9 Å². The number of rotatable bonds is 2. The van der Waals surface area contributed by atoms with E-state index in [2.05, 4.69) is 21.2 Å². The fourth-order valence-corrected chi connectivity index (χ4v) is 2.47. The lowest BCUT2D eigenvalue weighted by Crippen LogP contribution is -2.16. The number of nitrogens with one attached hydrogen (secondary N) is 1. The Morgan fingerprint density at radius 1 is 1.10 bits per heavy atom. The molecule has 0 unspecified atom stereocenters. The van der Waals surface area contributed by atoms with Gasteiger partial charge in [0.25, 0.3) is 5.91 Å². The van der Waals surface area contributed by atoms with E-state index >= 15 is 0 Å². The normalized spacial score (nSPS) is 12.9. The van der Waals surface area contributed by atoms with E-state index in [1.54, 1.807) is 24.3 Å². The van der Waals surface area contributed by atoms with Crippen LogP contribution in [-0.4, -0.2) is 19.1 Å². The highest BCUT2D eigenvalue weighted by Crippen LogP contribution is 2.32. The molecule has 0 fully saturated rings. The fourth-order valence-electron chi connectivity index (χ4n) is 2.01. The number of benzene rings is 2. The molecule has 0 radical (unpaired) electrons. The van der Waals surface area contributed by atoms with Crippen LogP contribution in [0.4, 0.5) is 10.1 Å². The molecule has 0 saturated carbocycles. The molecule has 108 valence electrons. The summed E-state index contributed by atoms with van der Waals surface area (Å²) in [6.07, 6.45) is 0. The van der Waals surface area contributed by atoms with Crippen molar-refractivity contribution in [3.05, 3.63) is 52.3 Å². The number of anilines is 1. The lowest BCUT2D eigenvalue weighted by molar-refractivity contribution is 0.102. The molecule has 3 rings (SSSR count). The van der Waals surface area contributed by atoms with Crippen LogP contribution in [0.3, 0.4) is 0 Å². The van der Waals surface area contributed by atoms with E-state index in [0.717, 1.165) is 0 Å². The number of amides is 1. The van der Waals surface area contributed by atoms with Crippen LogP contribution in [-0.2, 0) is 0 Å². The second kappa shape index (κ2) is 5.73. The van der Waals surface area contributed by atoms with Crippen LogP contribution in [0.2, 0.25) is 0 Å². The van der Waals surface area contributed by atoms with Gasteiger partial charge in [0, 0.05) is 21.8 Å². The maximum atomic E-state index is 13.3. The summed E-state index contributed by atoms with van der Waals surface area (Å²) in [7, 11) is 0. The molecular formula is C15H11BrFNO3. The fraction of sp³-hybridized carbons (Fsp3) is 0.133. The second-order valence-corrected chi connectivity index (χ2v) is 5.39. The zero-order valence-corrected chi connectivity index (χ0v) is 12.4. The highest BCUT2D eigenvalue weighted by atomic mass is 79.9. The predicted molar refractivity (Wildman–Crippen MR) is 79.5 cm³/mol. The third-order valence-corrected chi connectivity index (χ3v) is 3.38. The largest absolute Gasteiger partial charge is 0.486 e. The molecular weight excluding hydrogens is 341 g/mol. The lowest BCUT2D eigenvalue weighted by atomic mass is 10.2. The Kier molecular flexibility index (Phi) is 3.79. The first kappa shape index (κ1) is 13.9. The summed E-state index contributed by atoms with van der Waals surface area (Å²) in [6, 6.07) is 9.14. The molecule has 0 atom stereocenters. The zero-order valence-electron chi connectivity index (χ0n) is 10.9. The van der Waals surface area contributed by atoms with Gasteiger partial charge in [0.2, 0.25) is 0 Å². The maximum absolute atomic E-state index is 13.3. The van der Waals surface area contributed by atoms with Gasteiger partial charge in [-0.25, -0.2) is 4.39 Å². The zero-order chi connectivity index (χ0) is 14.8. The third kappa shape index (κ3) is 3.16. The Balaban J connectivity index is 1.81. The molecule has 2 aromatic carbocycles. The summed E-state index contributed by atoms with van der Waals surface area (Å²) < 4.78 is 24.7. The van der Waals surface area contributed by atoms with Crippen molar-refractivity contribution in [1.82, 2.24) is 0 Å². The number of carbonyl (C=O) groups is 1. The number of hydrogen-bond donors (Lipinski definition) is 1. The highest BCUT2D eigenvalue weighted by Gasteiger charge is 2.14. The number of fused-ring (bicyclic) bond motifs is 1. The SMILES string of the molecule is O=C(Nc1ccc2c(c1)OCCO2)c1cc(F)cc(Br)c1. The van der Waals surface area contributed by atoms with Gasteiger partial charge in [-0.15, -0.1) is 0 Å². The first-order valence-corrected chi connectivity index (χ1v) is 7.08. The summed E-state index contributed by atoms with van der Waals surface area (Å²) in [6.45, 7) is 0.983. The first-order chi connectivity index (χ1) is 10.1. The second-order valence-electron chi connectivity index (χ2n) is 4.47. The molecule has 1 amide bonds. The van der Waals surface area contributed by atoms with E-state index in [-0.39, 0.29) is 5.56 Å². The smallest absolute Gasteiger partial charge is 0.255 e. The molecule has 0 spiro atoms. The van der Waals surface area contributed by atoms with Gasteiger partial charge < -0.3 is 14.8 Å². The topological polar surface area (TPSA) is 47.6 Å². The van der Waals surface area contributed by atoms with Crippen LogP contribution in [0.1, 0.15) is 10.4 Å². The van der Waals surface area contributed by atoms with Gasteiger partial charge in [0.1, 0.15) is 19.0 Å². The van der Waals surface area contributed by atoms with Crippen LogP contribution < -0.4 is 14.8 Å². The van der Waals surface area contributed by atoms with Crippen molar-refractivity contribution in [2.45, 2.75) is 0 Å². The molecule has 1 aliphatic rings. The average Bonchev–Trinajstić information content (AvgIpc) is 2.46. The van der Waals surface area contributed by atoms with E-state index in [0.29, 0.717) is 34.9 Å². The molecule has 4 nitrogen and oxygen atoms in total. The van der Waals surface area contributed by atoms with Gasteiger partial charge in [-0.3, -0.25) is 4.79 Å². The van der Waals surface area contributed by atoms with E-state index in [1.807, 2.05) is 0 Å². The molecule has 1 heterocycles. The molecule has 1 aliphatic heterocycles. The molecule has 0 bridgehead atoms. The van der Waals surface area contributed by atoms with Gasteiger partial charge in [-0.1, -0.05) is 15.9 Å². The van der Waals surface area contributed by atoms with Crippen molar-refractivity contribution in [3.8, 4) is 11.5 Å². The van der Waals surface area contributed by atoms with Crippen molar-refractivity contribution < 1.29 is 18.7 Å². The minimum atomic E-state index is -0.475. The van der Waals surface area contributed by atoms with Crippen molar-refractivity contribution >= 4 is 27.5 Å². The molecule has 21 heavy (non-hydrogen) atoms. The number of halogens is 2. The number of carbonyl (C=O) groups excluding carboxylic acids is 1. The summed E-state index contributed by atoms with van der Waals surface area (Å²) >= 11 is 3.16. The van der Waals surface area contributed by atoms with Gasteiger partial charge in [-0.05, 0) is 30.3 Å². The quantitative estimate of drug-likeness (QED) is 0.898. The Morgan fingerprint density at radius 2 is 1.86 bits per heavy atom. The Hall–Kier alpha value is -2.08. The van der Waals surface area contributed by atoms with Crippen molar-refractivity contribution in [3.63, 3.8) is 0 Å². The Bertz CT molecular complexity index is 685.